The predicted molar refractivity (Wildman–Crippen MR) is 105 cm³/mol. The fourth-order valence-corrected chi connectivity index (χ4v) is 2.87. The molecule has 29 heavy (non-hydrogen) atoms. The Bertz CT molecular complexity index is 1020. The van der Waals surface area contributed by atoms with Gasteiger partial charge in [0.15, 0.2) is 11.3 Å². The van der Waals surface area contributed by atoms with E-state index in [1.807, 2.05) is 12.1 Å². The van der Waals surface area contributed by atoms with Gasteiger partial charge < -0.3 is 19.7 Å². The van der Waals surface area contributed by atoms with Crippen LogP contribution in [0.2, 0.25) is 0 Å². The number of ether oxygens (including phenoxy) is 2. The van der Waals surface area contributed by atoms with Gasteiger partial charge in [-0.25, -0.2) is 9.37 Å². The Kier molecular flexibility index (Phi) is 6.95. The molecule has 6 nitrogen and oxygen atoms in total. The quantitative estimate of drug-likeness (QED) is 0.539. The molecule has 7 heteroatoms. The van der Waals surface area contributed by atoms with Crippen LogP contribution in [-0.2, 0) is 6.61 Å². The monoisotopic (exact) mass is 396 g/mol. The lowest BCUT2D eigenvalue weighted by Crippen LogP contribution is -2.13. The number of pyridine rings is 1. The van der Waals surface area contributed by atoms with Crippen LogP contribution in [0.15, 0.2) is 48.5 Å². The third kappa shape index (κ3) is 5.19. The largest absolute Gasteiger partial charge is 0.487 e. The molecule has 0 fully saturated rings. The summed E-state index contributed by atoms with van der Waals surface area (Å²) >= 11 is 0. The number of hydrogen-bond acceptors (Lipinski definition) is 6. The number of para-hydroxylation sites is 1. The fraction of sp³-hybridized carbons (Fsp3) is 0.273. The minimum absolute atomic E-state index is 0.0859. The highest BCUT2D eigenvalue weighted by molar-refractivity contribution is 5.88. The van der Waals surface area contributed by atoms with E-state index in [4.69, 9.17) is 14.6 Å². The second-order valence-corrected chi connectivity index (χ2v) is 6.50. The number of benzene rings is 2. The first-order chi connectivity index (χ1) is 14.1. The Morgan fingerprint density at radius 2 is 1.97 bits per heavy atom. The standard InChI is InChI=1S/C22H21FN2O4/c23-16-6-3-5-15(11-16)14-29-21-18-8-1-2-9-20(18)25-22(19(21)12-24)28-10-4-7-17(27)13-26/h1-3,5-6,8-9,11,17,26-27H,4,7,10,13-14H2. The molecule has 0 bridgehead atoms. The molecule has 3 rings (SSSR count). The molecule has 0 aliphatic carbocycles. The van der Waals surface area contributed by atoms with Crippen LogP contribution in [0.3, 0.4) is 0 Å². The van der Waals surface area contributed by atoms with Gasteiger partial charge >= 0.3 is 0 Å². The number of nitrogens with zero attached hydrogens (tertiary/aromatic N) is 2. The molecule has 1 atom stereocenters. The summed E-state index contributed by atoms with van der Waals surface area (Å²) in [6, 6.07) is 15.4. The Hall–Kier alpha value is -3.21. The number of hydrogen-bond donors (Lipinski definition) is 2. The molecule has 1 heterocycles. The average Bonchev–Trinajstić information content (AvgIpc) is 2.74. The van der Waals surface area contributed by atoms with E-state index >= 15 is 0 Å². The first-order valence-corrected chi connectivity index (χ1v) is 9.24. The summed E-state index contributed by atoms with van der Waals surface area (Å²) in [5, 5.41) is 28.6. The van der Waals surface area contributed by atoms with Crippen molar-refractivity contribution in [3.63, 3.8) is 0 Å². The molecule has 0 saturated heterocycles. The number of aliphatic hydroxyl groups is 2. The van der Waals surface area contributed by atoms with Crippen molar-refractivity contribution in [3.8, 4) is 17.7 Å². The first kappa shape index (κ1) is 20.5. The van der Waals surface area contributed by atoms with E-state index in [0.717, 1.165) is 0 Å². The second kappa shape index (κ2) is 9.82. The molecular weight excluding hydrogens is 375 g/mol. The van der Waals surface area contributed by atoms with Crippen molar-refractivity contribution in [1.82, 2.24) is 4.98 Å². The van der Waals surface area contributed by atoms with Crippen molar-refractivity contribution in [3.05, 3.63) is 65.5 Å². The molecule has 0 aliphatic rings. The van der Waals surface area contributed by atoms with Crippen LogP contribution in [0.1, 0.15) is 24.0 Å². The van der Waals surface area contributed by atoms with Crippen molar-refractivity contribution in [2.45, 2.75) is 25.6 Å². The van der Waals surface area contributed by atoms with Crippen molar-refractivity contribution in [1.29, 1.82) is 5.26 Å². The van der Waals surface area contributed by atoms with Gasteiger partial charge in [0, 0.05) is 5.39 Å². The van der Waals surface area contributed by atoms with Crippen molar-refractivity contribution in [2.75, 3.05) is 13.2 Å². The second-order valence-electron chi connectivity index (χ2n) is 6.50. The molecule has 3 aromatic rings. The van der Waals surface area contributed by atoms with Crippen LogP contribution in [-0.4, -0.2) is 34.5 Å². The summed E-state index contributed by atoms with van der Waals surface area (Å²) in [5.41, 5.74) is 1.39. The molecule has 1 unspecified atom stereocenters. The molecule has 0 aliphatic heterocycles. The van der Waals surface area contributed by atoms with Gasteiger partial charge in [0.1, 0.15) is 18.5 Å². The number of halogens is 1. The van der Waals surface area contributed by atoms with Crippen LogP contribution in [0.5, 0.6) is 11.6 Å². The summed E-state index contributed by atoms with van der Waals surface area (Å²) in [7, 11) is 0. The summed E-state index contributed by atoms with van der Waals surface area (Å²) in [6.07, 6.45) is 0.0546. The van der Waals surface area contributed by atoms with Gasteiger partial charge in [0.25, 0.3) is 0 Å². The summed E-state index contributed by atoms with van der Waals surface area (Å²) < 4.78 is 25.0. The third-order valence-corrected chi connectivity index (χ3v) is 4.33. The van der Waals surface area contributed by atoms with E-state index in [1.54, 1.807) is 24.3 Å². The summed E-state index contributed by atoms with van der Waals surface area (Å²) in [6.45, 7) is -0.00125. The first-order valence-electron chi connectivity index (χ1n) is 9.24. The highest BCUT2D eigenvalue weighted by Crippen LogP contribution is 2.34. The zero-order valence-electron chi connectivity index (χ0n) is 15.7. The van der Waals surface area contributed by atoms with E-state index in [2.05, 4.69) is 11.1 Å². The molecule has 0 radical (unpaired) electrons. The molecule has 0 amide bonds. The SMILES string of the molecule is N#Cc1c(OCCCC(O)CO)nc2ccccc2c1OCc1cccc(F)c1. The minimum atomic E-state index is -0.802. The van der Waals surface area contributed by atoms with E-state index < -0.39 is 6.10 Å². The number of rotatable bonds is 9. The van der Waals surface area contributed by atoms with Crippen LogP contribution in [0, 0.1) is 17.1 Å². The number of nitriles is 1. The van der Waals surface area contributed by atoms with Crippen LogP contribution in [0.4, 0.5) is 4.39 Å². The lowest BCUT2D eigenvalue weighted by Gasteiger charge is -2.15. The Morgan fingerprint density at radius 1 is 1.14 bits per heavy atom. The van der Waals surface area contributed by atoms with Gasteiger partial charge in [-0.3, -0.25) is 0 Å². The van der Waals surface area contributed by atoms with Gasteiger partial charge in [0.05, 0.1) is 24.8 Å². The van der Waals surface area contributed by atoms with E-state index in [-0.39, 0.29) is 37.1 Å². The zero-order valence-corrected chi connectivity index (χ0v) is 15.7. The lowest BCUT2D eigenvalue weighted by molar-refractivity contribution is 0.0825. The number of aromatic nitrogens is 1. The van der Waals surface area contributed by atoms with Crippen molar-refractivity contribution >= 4 is 10.9 Å². The molecule has 0 spiro atoms. The molecule has 2 N–H and O–H groups in total. The van der Waals surface area contributed by atoms with E-state index in [0.29, 0.717) is 35.1 Å². The highest BCUT2D eigenvalue weighted by Gasteiger charge is 2.18. The molecule has 150 valence electrons. The molecule has 1 aromatic heterocycles. The van der Waals surface area contributed by atoms with Gasteiger partial charge in [-0.05, 0) is 42.7 Å². The minimum Gasteiger partial charge on any atom is -0.487 e. The maximum atomic E-state index is 13.4. The summed E-state index contributed by atoms with van der Waals surface area (Å²) in [5.74, 6) is 0.104. The molecule has 2 aromatic carbocycles. The Morgan fingerprint density at radius 3 is 2.72 bits per heavy atom. The normalized spacial score (nSPS) is 11.8. The lowest BCUT2D eigenvalue weighted by atomic mass is 10.1. The van der Waals surface area contributed by atoms with E-state index in [1.165, 1.54) is 12.1 Å². The highest BCUT2D eigenvalue weighted by atomic mass is 19.1. The average molecular weight is 396 g/mol. The van der Waals surface area contributed by atoms with Gasteiger partial charge in [-0.1, -0.05) is 24.3 Å². The fourth-order valence-electron chi connectivity index (χ4n) is 2.87. The van der Waals surface area contributed by atoms with Crippen LogP contribution in [0.25, 0.3) is 10.9 Å². The smallest absolute Gasteiger partial charge is 0.236 e. The molecular formula is C22H21FN2O4. The van der Waals surface area contributed by atoms with E-state index in [9.17, 15) is 14.8 Å². The third-order valence-electron chi connectivity index (χ3n) is 4.33. The van der Waals surface area contributed by atoms with Gasteiger partial charge in [-0.15, -0.1) is 0 Å². The Balaban J connectivity index is 1.87. The maximum absolute atomic E-state index is 13.4. The van der Waals surface area contributed by atoms with Crippen LogP contribution < -0.4 is 9.47 Å². The predicted octanol–water partition coefficient (Wildman–Crippen LogP) is 3.34. The van der Waals surface area contributed by atoms with Gasteiger partial charge in [0.2, 0.25) is 5.88 Å². The maximum Gasteiger partial charge on any atom is 0.236 e. The molecule has 0 saturated carbocycles. The zero-order chi connectivity index (χ0) is 20.6. The topological polar surface area (TPSA) is 95.6 Å². The number of fused-ring (bicyclic) bond motifs is 1. The van der Waals surface area contributed by atoms with Gasteiger partial charge in [-0.2, -0.15) is 5.26 Å². The van der Waals surface area contributed by atoms with Crippen molar-refractivity contribution < 1.29 is 24.1 Å². The van der Waals surface area contributed by atoms with Crippen LogP contribution >= 0.6 is 0 Å². The Labute approximate surface area is 167 Å². The van der Waals surface area contributed by atoms with Crippen molar-refractivity contribution in [2.24, 2.45) is 0 Å². The summed E-state index contributed by atoms with van der Waals surface area (Å²) in [4.78, 5) is 4.42. The number of aliphatic hydroxyl groups excluding tert-OH is 2.